The van der Waals surface area contributed by atoms with Crippen LogP contribution in [0.15, 0.2) is 16.6 Å². The summed E-state index contributed by atoms with van der Waals surface area (Å²) >= 11 is 4.61. The second kappa shape index (κ2) is 6.58. The Morgan fingerprint density at radius 2 is 2.50 bits per heavy atom. The van der Waals surface area contributed by atoms with E-state index in [4.69, 9.17) is 0 Å². The Morgan fingerprint density at radius 1 is 1.71 bits per heavy atom. The van der Waals surface area contributed by atoms with Crippen molar-refractivity contribution in [3.05, 3.63) is 12.2 Å². The molecule has 1 heterocycles. The van der Waals surface area contributed by atoms with E-state index in [0.717, 1.165) is 17.1 Å². The van der Waals surface area contributed by atoms with Gasteiger partial charge in [-0.2, -0.15) is 13.2 Å². The monoisotopic (exact) mass is 256 g/mol. The molecule has 0 saturated carbocycles. The Bertz CT molecular complexity index is 241. The predicted molar refractivity (Wildman–Crippen MR) is 62.6 cm³/mol. The first-order chi connectivity index (χ1) is 6.74. The average molecular weight is 256 g/mol. The standard InChI is InChI=1S/C7H10F2N2S3/c1-12-7-10-13-5-11(7)14-4-2-3-6(8)9/h3H,2,4-5H2,1H3. The molecule has 80 valence electrons. The maximum absolute atomic E-state index is 11.7. The molecule has 0 amide bonds. The van der Waals surface area contributed by atoms with Gasteiger partial charge in [0.25, 0.3) is 6.08 Å². The van der Waals surface area contributed by atoms with E-state index in [2.05, 4.69) is 4.40 Å². The van der Waals surface area contributed by atoms with E-state index >= 15 is 0 Å². The highest BCUT2D eigenvalue weighted by Crippen LogP contribution is 2.28. The topological polar surface area (TPSA) is 15.6 Å². The molecule has 0 N–H and O–H groups in total. The number of allylic oxidation sites excluding steroid dienone is 1. The van der Waals surface area contributed by atoms with Gasteiger partial charge in [-0.25, -0.2) is 0 Å². The second-order valence-corrected chi connectivity index (χ2v) is 4.91. The van der Waals surface area contributed by atoms with Crippen molar-refractivity contribution < 1.29 is 8.78 Å². The zero-order chi connectivity index (χ0) is 10.4. The molecule has 0 radical (unpaired) electrons. The molecule has 0 aliphatic carbocycles. The Balaban J connectivity index is 2.19. The van der Waals surface area contributed by atoms with Crippen molar-refractivity contribution in [3.63, 3.8) is 0 Å². The molecular formula is C7H10F2N2S3. The number of nitrogens with zero attached hydrogens (tertiary/aromatic N) is 2. The number of thioether (sulfide) groups is 1. The first kappa shape index (κ1) is 12.2. The molecule has 1 aliphatic heterocycles. The van der Waals surface area contributed by atoms with Gasteiger partial charge in [-0.05, 0) is 42.6 Å². The Kier molecular flexibility index (Phi) is 5.73. The third-order valence-corrected chi connectivity index (χ3v) is 4.16. The van der Waals surface area contributed by atoms with Gasteiger partial charge < -0.3 is 0 Å². The lowest BCUT2D eigenvalue weighted by Gasteiger charge is -2.15. The zero-order valence-electron chi connectivity index (χ0n) is 7.57. The third-order valence-electron chi connectivity index (χ3n) is 1.38. The summed E-state index contributed by atoms with van der Waals surface area (Å²) in [5, 5.41) is 0.963. The molecule has 0 unspecified atom stereocenters. The van der Waals surface area contributed by atoms with Crippen LogP contribution in [0.2, 0.25) is 0 Å². The van der Waals surface area contributed by atoms with Gasteiger partial charge in [0.1, 0.15) is 0 Å². The fourth-order valence-electron chi connectivity index (χ4n) is 0.800. The van der Waals surface area contributed by atoms with Crippen LogP contribution in [0.5, 0.6) is 0 Å². The van der Waals surface area contributed by atoms with Crippen LogP contribution >= 0.6 is 35.7 Å². The fourth-order valence-corrected chi connectivity index (χ4v) is 3.57. The summed E-state index contributed by atoms with van der Waals surface area (Å²) in [5.41, 5.74) is 0. The summed E-state index contributed by atoms with van der Waals surface area (Å²) in [6, 6.07) is 0. The third kappa shape index (κ3) is 4.10. The van der Waals surface area contributed by atoms with Crippen LogP contribution < -0.4 is 0 Å². The lowest BCUT2D eigenvalue weighted by Crippen LogP contribution is -2.16. The molecule has 0 fully saturated rings. The predicted octanol–water partition coefficient (Wildman–Crippen LogP) is 3.45. The molecule has 0 aromatic rings. The van der Waals surface area contributed by atoms with E-state index in [-0.39, 0.29) is 0 Å². The highest BCUT2D eigenvalue weighted by Gasteiger charge is 2.16. The molecule has 1 aliphatic rings. The lowest BCUT2D eigenvalue weighted by atomic mass is 10.5. The van der Waals surface area contributed by atoms with Crippen molar-refractivity contribution >= 4 is 40.8 Å². The number of hydrogen-bond donors (Lipinski definition) is 0. The number of rotatable bonds is 4. The molecule has 0 saturated heterocycles. The summed E-state index contributed by atoms with van der Waals surface area (Å²) < 4.78 is 29.6. The van der Waals surface area contributed by atoms with Crippen molar-refractivity contribution in [2.75, 3.05) is 17.9 Å². The second-order valence-electron chi connectivity index (χ2n) is 2.33. The minimum atomic E-state index is -1.60. The Labute approximate surface area is 94.9 Å². The van der Waals surface area contributed by atoms with E-state index in [1.54, 1.807) is 23.7 Å². The number of hydrogen-bond acceptors (Lipinski definition) is 5. The highest BCUT2D eigenvalue weighted by molar-refractivity contribution is 8.16. The quantitative estimate of drug-likeness (QED) is 0.565. The average Bonchev–Trinajstić information content (AvgIpc) is 2.59. The van der Waals surface area contributed by atoms with Gasteiger partial charge >= 0.3 is 0 Å². The summed E-state index contributed by atoms with van der Waals surface area (Å²) in [4.78, 5) is 0. The zero-order valence-corrected chi connectivity index (χ0v) is 10.0. The summed E-state index contributed by atoms with van der Waals surface area (Å²) in [7, 11) is 0. The molecule has 2 nitrogen and oxygen atoms in total. The van der Waals surface area contributed by atoms with Crippen LogP contribution in [0.25, 0.3) is 0 Å². The Hall–Kier alpha value is 0.120. The van der Waals surface area contributed by atoms with Crippen LogP contribution in [0.1, 0.15) is 6.42 Å². The first-order valence-corrected chi connectivity index (χ1v) is 7.00. The molecule has 1 rings (SSSR count). The van der Waals surface area contributed by atoms with Crippen molar-refractivity contribution in [3.8, 4) is 0 Å². The van der Waals surface area contributed by atoms with Crippen LogP contribution in [0.4, 0.5) is 8.78 Å². The van der Waals surface area contributed by atoms with Crippen molar-refractivity contribution in [2.24, 2.45) is 4.40 Å². The van der Waals surface area contributed by atoms with Gasteiger partial charge in [0, 0.05) is 5.75 Å². The van der Waals surface area contributed by atoms with E-state index < -0.39 is 6.08 Å². The molecule has 0 aromatic carbocycles. The molecule has 14 heavy (non-hydrogen) atoms. The molecule has 0 spiro atoms. The molecule has 0 aromatic heterocycles. The molecule has 0 bridgehead atoms. The van der Waals surface area contributed by atoms with Crippen LogP contribution in [0.3, 0.4) is 0 Å². The van der Waals surface area contributed by atoms with Gasteiger partial charge in [0.05, 0.1) is 5.88 Å². The summed E-state index contributed by atoms with van der Waals surface area (Å²) in [5.74, 6) is 1.47. The van der Waals surface area contributed by atoms with E-state index in [9.17, 15) is 8.78 Å². The van der Waals surface area contributed by atoms with Gasteiger partial charge in [-0.1, -0.05) is 11.8 Å². The molecule has 7 heteroatoms. The fraction of sp³-hybridized carbons (Fsp3) is 0.571. The lowest BCUT2D eigenvalue weighted by molar-refractivity contribution is 0.418. The highest BCUT2D eigenvalue weighted by atomic mass is 32.2. The van der Waals surface area contributed by atoms with Gasteiger partial charge in [-0.3, -0.25) is 4.31 Å². The van der Waals surface area contributed by atoms with Crippen LogP contribution in [-0.2, 0) is 0 Å². The van der Waals surface area contributed by atoms with Crippen LogP contribution in [-0.4, -0.2) is 27.4 Å². The van der Waals surface area contributed by atoms with Gasteiger partial charge in [0.15, 0.2) is 5.17 Å². The maximum atomic E-state index is 11.7. The largest absolute Gasteiger partial charge is 0.283 e. The van der Waals surface area contributed by atoms with Crippen molar-refractivity contribution in [1.29, 1.82) is 0 Å². The normalized spacial score (nSPS) is 15.6. The summed E-state index contributed by atoms with van der Waals surface area (Å²) in [6.45, 7) is 0. The minimum absolute atomic E-state index is 0.399. The first-order valence-electron chi connectivity index (χ1n) is 3.89. The number of halogens is 2. The SMILES string of the molecule is CSC1=NSCN1SCCC=C(F)F. The molecular weight excluding hydrogens is 246 g/mol. The van der Waals surface area contributed by atoms with Gasteiger partial charge in [-0.15, -0.1) is 0 Å². The van der Waals surface area contributed by atoms with E-state index in [1.165, 1.54) is 11.9 Å². The Morgan fingerprint density at radius 3 is 3.14 bits per heavy atom. The van der Waals surface area contributed by atoms with Crippen molar-refractivity contribution in [1.82, 2.24) is 4.31 Å². The van der Waals surface area contributed by atoms with E-state index in [0.29, 0.717) is 12.2 Å². The summed E-state index contributed by atoms with van der Waals surface area (Å²) in [6.07, 6.45) is 1.71. The van der Waals surface area contributed by atoms with Gasteiger partial charge in [0.2, 0.25) is 0 Å². The minimum Gasteiger partial charge on any atom is -0.283 e. The van der Waals surface area contributed by atoms with E-state index in [1.807, 2.05) is 10.6 Å². The molecule has 0 atom stereocenters. The maximum Gasteiger partial charge on any atom is 0.266 e. The van der Waals surface area contributed by atoms with Crippen LogP contribution in [0, 0.1) is 0 Å². The van der Waals surface area contributed by atoms with Crippen molar-refractivity contribution in [2.45, 2.75) is 6.42 Å². The smallest absolute Gasteiger partial charge is 0.266 e. The number of amidine groups is 1.